The van der Waals surface area contributed by atoms with E-state index >= 15 is 0 Å². The number of hydrogen-bond acceptors (Lipinski definition) is 3. The SMILES string of the molecule is CC1CC(C)C(C)N(CC2(C(=O)O)CCOC2)C1. The second-order valence-electron chi connectivity index (χ2n) is 6.38. The summed E-state index contributed by atoms with van der Waals surface area (Å²) < 4.78 is 5.34. The van der Waals surface area contributed by atoms with E-state index in [9.17, 15) is 9.90 Å². The van der Waals surface area contributed by atoms with E-state index in [-0.39, 0.29) is 0 Å². The lowest BCUT2D eigenvalue weighted by atomic mass is 9.81. The molecule has 0 amide bonds. The molecule has 2 rings (SSSR count). The van der Waals surface area contributed by atoms with Crippen molar-refractivity contribution in [3.8, 4) is 0 Å². The van der Waals surface area contributed by atoms with Gasteiger partial charge in [0.25, 0.3) is 0 Å². The lowest BCUT2D eigenvalue weighted by molar-refractivity contribution is -0.151. The predicted molar refractivity (Wildman–Crippen MR) is 69.5 cm³/mol. The first kappa shape index (κ1) is 13.8. The predicted octanol–water partition coefficient (Wildman–Crippen LogP) is 1.84. The van der Waals surface area contributed by atoms with Crippen molar-refractivity contribution < 1.29 is 14.6 Å². The highest BCUT2D eigenvalue weighted by Crippen LogP contribution is 2.34. The highest BCUT2D eigenvalue weighted by Gasteiger charge is 2.45. The average Bonchev–Trinajstić information content (AvgIpc) is 2.75. The molecule has 18 heavy (non-hydrogen) atoms. The Labute approximate surface area is 109 Å². The van der Waals surface area contributed by atoms with Crippen LogP contribution < -0.4 is 0 Å². The van der Waals surface area contributed by atoms with Crippen molar-refractivity contribution in [2.24, 2.45) is 17.3 Å². The number of piperidine rings is 1. The Morgan fingerprint density at radius 2 is 2.17 bits per heavy atom. The molecule has 0 bridgehead atoms. The molecule has 0 radical (unpaired) electrons. The first-order valence-electron chi connectivity index (χ1n) is 7.00. The van der Waals surface area contributed by atoms with Gasteiger partial charge in [-0.05, 0) is 31.6 Å². The van der Waals surface area contributed by atoms with E-state index < -0.39 is 11.4 Å². The van der Waals surface area contributed by atoms with Gasteiger partial charge in [0.1, 0.15) is 5.41 Å². The Bertz CT molecular complexity index is 312. The number of carbonyl (C=O) groups is 1. The van der Waals surface area contributed by atoms with Gasteiger partial charge in [-0.25, -0.2) is 0 Å². The third kappa shape index (κ3) is 2.54. The van der Waals surface area contributed by atoms with Crippen LogP contribution in [0.3, 0.4) is 0 Å². The minimum absolute atomic E-state index is 0.369. The number of aliphatic carboxylic acids is 1. The van der Waals surface area contributed by atoms with Crippen LogP contribution in [0, 0.1) is 17.3 Å². The second-order valence-corrected chi connectivity index (χ2v) is 6.38. The van der Waals surface area contributed by atoms with Crippen molar-refractivity contribution in [1.82, 2.24) is 4.90 Å². The van der Waals surface area contributed by atoms with Crippen molar-refractivity contribution in [3.63, 3.8) is 0 Å². The highest BCUT2D eigenvalue weighted by atomic mass is 16.5. The minimum atomic E-state index is -0.696. The highest BCUT2D eigenvalue weighted by molar-refractivity contribution is 5.75. The second kappa shape index (κ2) is 5.17. The molecule has 2 aliphatic rings. The Kier molecular flexibility index (Phi) is 3.97. The molecule has 4 unspecified atom stereocenters. The summed E-state index contributed by atoms with van der Waals surface area (Å²) in [5.41, 5.74) is -0.676. The van der Waals surface area contributed by atoms with E-state index in [1.807, 2.05) is 0 Å². The van der Waals surface area contributed by atoms with Crippen molar-refractivity contribution in [1.29, 1.82) is 0 Å². The zero-order valence-corrected chi connectivity index (χ0v) is 11.7. The maximum atomic E-state index is 11.6. The maximum Gasteiger partial charge on any atom is 0.313 e. The summed E-state index contributed by atoms with van der Waals surface area (Å²) in [6.07, 6.45) is 1.89. The quantitative estimate of drug-likeness (QED) is 0.836. The van der Waals surface area contributed by atoms with Crippen molar-refractivity contribution in [3.05, 3.63) is 0 Å². The van der Waals surface area contributed by atoms with Crippen LogP contribution in [0.2, 0.25) is 0 Å². The molecule has 2 heterocycles. The number of nitrogens with zero attached hydrogens (tertiary/aromatic N) is 1. The number of ether oxygens (including phenoxy) is 1. The van der Waals surface area contributed by atoms with Gasteiger partial charge in [-0.1, -0.05) is 13.8 Å². The lowest BCUT2D eigenvalue weighted by Gasteiger charge is -2.43. The summed E-state index contributed by atoms with van der Waals surface area (Å²) >= 11 is 0. The molecule has 4 nitrogen and oxygen atoms in total. The summed E-state index contributed by atoms with van der Waals surface area (Å²) in [4.78, 5) is 13.9. The smallest absolute Gasteiger partial charge is 0.313 e. The normalized spacial score (nSPS) is 42.1. The number of carboxylic acid groups (broad SMARTS) is 1. The van der Waals surface area contributed by atoms with Gasteiger partial charge in [0.05, 0.1) is 6.61 Å². The molecule has 0 aromatic heterocycles. The molecule has 2 fully saturated rings. The average molecular weight is 255 g/mol. The van der Waals surface area contributed by atoms with Gasteiger partial charge in [0.2, 0.25) is 0 Å². The third-order valence-corrected chi connectivity index (χ3v) is 4.78. The van der Waals surface area contributed by atoms with Crippen LogP contribution in [0.1, 0.15) is 33.6 Å². The fraction of sp³-hybridized carbons (Fsp3) is 0.929. The summed E-state index contributed by atoms with van der Waals surface area (Å²) in [6.45, 7) is 9.36. The Balaban J connectivity index is 2.08. The lowest BCUT2D eigenvalue weighted by Crippen LogP contribution is -2.52. The molecule has 4 atom stereocenters. The van der Waals surface area contributed by atoms with E-state index in [0.717, 1.165) is 6.54 Å². The van der Waals surface area contributed by atoms with Crippen LogP contribution in [0.15, 0.2) is 0 Å². The van der Waals surface area contributed by atoms with Crippen LogP contribution in [0.25, 0.3) is 0 Å². The summed E-state index contributed by atoms with van der Waals surface area (Å²) in [7, 11) is 0. The van der Waals surface area contributed by atoms with Crippen molar-refractivity contribution in [2.75, 3.05) is 26.3 Å². The number of rotatable bonds is 3. The van der Waals surface area contributed by atoms with Crippen molar-refractivity contribution >= 4 is 5.97 Å². The molecule has 0 aromatic carbocycles. The number of hydrogen-bond donors (Lipinski definition) is 1. The largest absolute Gasteiger partial charge is 0.481 e. The molecular weight excluding hydrogens is 230 g/mol. The van der Waals surface area contributed by atoms with Gasteiger partial charge in [0.15, 0.2) is 0 Å². The first-order valence-corrected chi connectivity index (χ1v) is 7.00. The Morgan fingerprint density at radius 3 is 2.72 bits per heavy atom. The molecule has 0 saturated carbocycles. The molecule has 0 aliphatic carbocycles. The zero-order chi connectivity index (χ0) is 13.3. The number of likely N-dealkylation sites (tertiary alicyclic amines) is 1. The van der Waals surface area contributed by atoms with E-state index in [1.54, 1.807) is 0 Å². The molecule has 0 aromatic rings. The summed E-state index contributed by atoms with van der Waals surface area (Å²) in [5.74, 6) is 0.601. The molecule has 4 heteroatoms. The van der Waals surface area contributed by atoms with Crippen LogP contribution in [-0.4, -0.2) is 48.3 Å². The van der Waals surface area contributed by atoms with Gasteiger partial charge in [0, 0.05) is 25.7 Å². The molecular formula is C14H25NO3. The molecule has 104 valence electrons. The summed E-state index contributed by atoms with van der Waals surface area (Å²) in [5, 5.41) is 9.51. The fourth-order valence-corrected chi connectivity index (χ4v) is 3.40. The number of carboxylic acids is 1. The first-order chi connectivity index (χ1) is 8.44. The van der Waals surface area contributed by atoms with E-state index in [1.165, 1.54) is 6.42 Å². The molecule has 2 saturated heterocycles. The van der Waals surface area contributed by atoms with Gasteiger partial charge < -0.3 is 9.84 Å². The standard InChI is InChI=1S/C14H25NO3/c1-10-6-11(2)12(3)15(7-10)8-14(13(16)17)4-5-18-9-14/h10-12H,4-9H2,1-3H3,(H,16,17). The Hall–Kier alpha value is -0.610. The van der Waals surface area contributed by atoms with Gasteiger partial charge >= 0.3 is 5.97 Å². The molecule has 2 aliphatic heterocycles. The van der Waals surface area contributed by atoms with Crippen LogP contribution in [0.5, 0.6) is 0 Å². The Morgan fingerprint density at radius 1 is 1.44 bits per heavy atom. The van der Waals surface area contributed by atoms with Gasteiger partial charge in [-0.3, -0.25) is 9.69 Å². The van der Waals surface area contributed by atoms with Crippen LogP contribution in [-0.2, 0) is 9.53 Å². The molecule has 1 N–H and O–H groups in total. The van der Waals surface area contributed by atoms with Crippen molar-refractivity contribution in [2.45, 2.75) is 39.7 Å². The van der Waals surface area contributed by atoms with E-state index in [2.05, 4.69) is 25.7 Å². The van der Waals surface area contributed by atoms with Gasteiger partial charge in [-0.2, -0.15) is 0 Å². The fourth-order valence-electron chi connectivity index (χ4n) is 3.40. The third-order valence-electron chi connectivity index (χ3n) is 4.78. The van der Waals surface area contributed by atoms with Crippen LogP contribution >= 0.6 is 0 Å². The molecule has 0 spiro atoms. The monoisotopic (exact) mass is 255 g/mol. The van der Waals surface area contributed by atoms with Crippen LogP contribution in [0.4, 0.5) is 0 Å². The van der Waals surface area contributed by atoms with E-state index in [0.29, 0.717) is 44.1 Å². The summed E-state index contributed by atoms with van der Waals surface area (Å²) in [6, 6.07) is 0.470. The minimum Gasteiger partial charge on any atom is -0.481 e. The zero-order valence-electron chi connectivity index (χ0n) is 11.7. The van der Waals surface area contributed by atoms with E-state index in [4.69, 9.17) is 4.74 Å². The maximum absolute atomic E-state index is 11.6. The topological polar surface area (TPSA) is 49.8 Å². The van der Waals surface area contributed by atoms with Gasteiger partial charge in [-0.15, -0.1) is 0 Å².